The van der Waals surface area contributed by atoms with Crippen molar-refractivity contribution in [1.29, 1.82) is 0 Å². The summed E-state index contributed by atoms with van der Waals surface area (Å²) in [6.45, 7) is 2.48. The number of nitrogens with one attached hydrogen (secondary N) is 1. The van der Waals surface area contributed by atoms with Crippen molar-refractivity contribution >= 4 is 35.6 Å². The van der Waals surface area contributed by atoms with Gasteiger partial charge in [0.2, 0.25) is 0 Å². The lowest BCUT2D eigenvalue weighted by atomic mass is 10.2. The molecule has 0 spiro atoms. The van der Waals surface area contributed by atoms with Gasteiger partial charge in [0.05, 0.1) is 18.4 Å². The minimum absolute atomic E-state index is 0. The van der Waals surface area contributed by atoms with Crippen molar-refractivity contribution in [2.45, 2.75) is 13.5 Å². The number of guanidine groups is 1. The predicted molar refractivity (Wildman–Crippen MR) is 86.5 cm³/mol. The van der Waals surface area contributed by atoms with Crippen LogP contribution in [0.1, 0.15) is 11.3 Å². The van der Waals surface area contributed by atoms with Gasteiger partial charge in [0.25, 0.3) is 0 Å². The maximum Gasteiger partial charge on any atom is 0.193 e. The van der Waals surface area contributed by atoms with Gasteiger partial charge in [-0.05, 0) is 24.6 Å². The van der Waals surface area contributed by atoms with Crippen LogP contribution in [0.2, 0.25) is 0 Å². The molecular weight excluding hydrogens is 355 g/mol. The highest BCUT2D eigenvalue weighted by molar-refractivity contribution is 14.0. The molecule has 1 aromatic carbocycles. The Morgan fingerprint density at radius 2 is 2.26 bits per heavy atom. The first-order valence-corrected chi connectivity index (χ1v) is 5.62. The van der Waals surface area contributed by atoms with Crippen LogP contribution in [0.4, 0.5) is 5.69 Å². The van der Waals surface area contributed by atoms with Crippen LogP contribution in [0.15, 0.2) is 35.5 Å². The Hall–Kier alpha value is -1.64. The number of hydrogen-bond donors (Lipinski definition) is 2. The van der Waals surface area contributed by atoms with E-state index in [1.807, 2.05) is 38.2 Å². The first-order chi connectivity index (χ1) is 8.65. The molecule has 0 bridgehead atoms. The number of benzene rings is 1. The molecule has 0 aliphatic carbocycles. The number of hydrogen-bond acceptors (Lipinski definition) is 3. The van der Waals surface area contributed by atoms with E-state index < -0.39 is 0 Å². The smallest absolute Gasteiger partial charge is 0.193 e. The van der Waals surface area contributed by atoms with Crippen molar-refractivity contribution in [3.05, 3.63) is 41.7 Å². The number of nitrogens with zero attached hydrogens (tertiary/aromatic N) is 4. The Morgan fingerprint density at radius 3 is 2.89 bits per heavy atom. The lowest BCUT2D eigenvalue weighted by Crippen LogP contribution is -2.22. The van der Waals surface area contributed by atoms with Gasteiger partial charge in [-0.2, -0.15) is 0 Å². The zero-order valence-electron chi connectivity index (χ0n) is 10.9. The zero-order valence-corrected chi connectivity index (χ0v) is 13.2. The van der Waals surface area contributed by atoms with Crippen LogP contribution in [0.25, 0.3) is 0 Å². The largest absolute Gasteiger partial charge is 0.370 e. The van der Waals surface area contributed by atoms with Gasteiger partial charge in [-0.3, -0.25) is 4.68 Å². The van der Waals surface area contributed by atoms with Gasteiger partial charge in [0.15, 0.2) is 5.96 Å². The van der Waals surface area contributed by atoms with E-state index in [1.54, 1.807) is 10.9 Å². The van der Waals surface area contributed by atoms with Gasteiger partial charge in [-0.25, -0.2) is 4.99 Å². The topological polar surface area (TPSA) is 81.1 Å². The quantitative estimate of drug-likeness (QED) is 0.488. The maximum absolute atomic E-state index is 5.81. The number of aliphatic imine (C=N–C) groups is 1. The molecule has 0 atom stereocenters. The van der Waals surface area contributed by atoms with Crippen molar-refractivity contribution in [3.63, 3.8) is 0 Å². The van der Waals surface area contributed by atoms with E-state index in [9.17, 15) is 0 Å². The molecule has 0 aliphatic rings. The molecule has 0 amide bonds. The zero-order chi connectivity index (χ0) is 13.0. The van der Waals surface area contributed by atoms with E-state index in [-0.39, 0.29) is 24.0 Å². The maximum atomic E-state index is 5.81. The van der Waals surface area contributed by atoms with Crippen molar-refractivity contribution in [2.75, 3.05) is 5.32 Å². The van der Waals surface area contributed by atoms with Crippen molar-refractivity contribution < 1.29 is 0 Å². The minimum Gasteiger partial charge on any atom is -0.370 e. The summed E-state index contributed by atoms with van der Waals surface area (Å²) < 4.78 is 1.67. The van der Waals surface area contributed by atoms with E-state index in [0.29, 0.717) is 12.5 Å². The average molecular weight is 372 g/mol. The molecule has 1 heterocycles. The molecule has 0 saturated carbocycles. The molecule has 0 saturated heterocycles. The van der Waals surface area contributed by atoms with Crippen LogP contribution >= 0.6 is 24.0 Å². The summed E-state index contributed by atoms with van der Waals surface area (Å²) in [5, 5.41) is 10.6. The molecular formula is C12H17IN6. The van der Waals surface area contributed by atoms with E-state index in [2.05, 4.69) is 20.6 Å². The molecule has 0 aliphatic heterocycles. The number of nitrogens with two attached hydrogens (primary N) is 1. The Labute approximate surface area is 129 Å². The van der Waals surface area contributed by atoms with Crippen LogP contribution in [-0.2, 0) is 13.6 Å². The number of rotatable bonds is 3. The SMILES string of the molecule is Cc1cccc(NC(N)=NCc2cnnn2C)c1.I. The van der Waals surface area contributed by atoms with Gasteiger partial charge in [0.1, 0.15) is 0 Å². The van der Waals surface area contributed by atoms with Crippen molar-refractivity contribution in [1.82, 2.24) is 15.0 Å². The third-order valence-electron chi connectivity index (χ3n) is 2.51. The standard InChI is InChI=1S/C12H16N6.HI/c1-9-4-3-5-10(6-9)16-12(13)14-7-11-8-15-17-18(11)2;/h3-6,8H,7H2,1-2H3,(H3,13,14,16);1H. The molecule has 19 heavy (non-hydrogen) atoms. The lowest BCUT2D eigenvalue weighted by Gasteiger charge is -2.06. The average Bonchev–Trinajstić information content (AvgIpc) is 2.72. The summed E-state index contributed by atoms with van der Waals surface area (Å²) in [6, 6.07) is 7.95. The summed E-state index contributed by atoms with van der Waals surface area (Å²) in [6.07, 6.45) is 1.67. The monoisotopic (exact) mass is 372 g/mol. The molecule has 1 aromatic heterocycles. The number of aryl methyl sites for hydroxylation is 2. The normalized spacial score (nSPS) is 10.9. The summed E-state index contributed by atoms with van der Waals surface area (Å²) in [5.41, 5.74) is 8.82. The second-order valence-electron chi connectivity index (χ2n) is 4.04. The van der Waals surface area contributed by atoms with Gasteiger partial charge < -0.3 is 11.1 Å². The number of aromatic nitrogens is 3. The van der Waals surface area contributed by atoms with Crippen LogP contribution in [0.3, 0.4) is 0 Å². The highest BCUT2D eigenvalue weighted by Crippen LogP contribution is 2.08. The summed E-state index contributed by atoms with van der Waals surface area (Å²) in [7, 11) is 1.82. The van der Waals surface area contributed by atoms with Crippen LogP contribution in [0.5, 0.6) is 0 Å². The Kier molecular flexibility index (Phi) is 5.74. The van der Waals surface area contributed by atoms with Crippen molar-refractivity contribution in [3.8, 4) is 0 Å². The fourth-order valence-corrected chi connectivity index (χ4v) is 1.53. The van der Waals surface area contributed by atoms with Gasteiger partial charge in [0, 0.05) is 12.7 Å². The Balaban J connectivity index is 0.00000180. The molecule has 102 valence electrons. The second-order valence-corrected chi connectivity index (χ2v) is 4.04. The Bertz CT molecular complexity index is 563. The van der Waals surface area contributed by atoms with E-state index in [0.717, 1.165) is 11.4 Å². The molecule has 2 rings (SSSR count). The van der Waals surface area contributed by atoms with Crippen LogP contribution < -0.4 is 11.1 Å². The molecule has 7 heteroatoms. The highest BCUT2D eigenvalue weighted by atomic mass is 127. The number of halogens is 1. The predicted octanol–water partition coefficient (Wildman–Crippen LogP) is 1.67. The molecule has 0 radical (unpaired) electrons. The Morgan fingerprint density at radius 1 is 1.47 bits per heavy atom. The fourth-order valence-electron chi connectivity index (χ4n) is 1.53. The van der Waals surface area contributed by atoms with E-state index >= 15 is 0 Å². The van der Waals surface area contributed by atoms with E-state index in [1.165, 1.54) is 5.56 Å². The number of anilines is 1. The fraction of sp³-hybridized carbons (Fsp3) is 0.250. The van der Waals surface area contributed by atoms with Crippen LogP contribution in [-0.4, -0.2) is 21.0 Å². The molecule has 0 unspecified atom stereocenters. The minimum atomic E-state index is 0. The molecule has 6 nitrogen and oxygen atoms in total. The first kappa shape index (κ1) is 15.4. The summed E-state index contributed by atoms with van der Waals surface area (Å²) >= 11 is 0. The van der Waals surface area contributed by atoms with Crippen molar-refractivity contribution in [2.24, 2.45) is 17.8 Å². The first-order valence-electron chi connectivity index (χ1n) is 5.62. The second kappa shape index (κ2) is 7.07. The molecule has 3 N–H and O–H groups in total. The van der Waals surface area contributed by atoms with Gasteiger partial charge in [-0.15, -0.1) is 29.1 Å². The van der Waals surface area contributed by atoms with E-state index in [4.69, 9.17) is 5.73 Å². The summed E-state index contributed by atoms with van der Waals surface area (Å²) in [5.74, 6) is 0.377. The lowest BCUT2D eigenvalue weighted by molar-refractivity contribution is 0.678. The van der Waals surface area contributed by atoms with Gasteiger partial charge >= 0.3 is 0 Å². The molecule has 2 aromatic rings. The third-order valence-corrected chi connectivity index (χ3v) is 2.51. The van der Waals surface area contributed by atoms with Gasteiger partial charge in [-0.1, -0.05) is 17.3 Å². The summed E-state index contributed by atoms with van der Waals surface area (Å²) in [4.78, 5) is 4.23. The third kappa shape index (κ3) is 4.51. The molecule has 0 fully saturated rings. The highest BCUT2D eigenvalue weighted by Gasteiger charge is 1.99. The van der Waals surface area contributed by atoms with Crippen LogP contribution in [0, 0.1) is 6.92 Å².